The summed E-state index contributed by atoms with van der Waals surface area (Å²) in [4.78, 5) is 26.3. The molecule has 1 aromatic rings. The number of carbonyl (C=O) groups is 2. The lowest BCUT2D eigenvalue weighted by atomic mass is 9.96. The number of aliphatic hydroxyl groups is 1. The second-order valence-electron chi connectivity index (χ2n) is 6.88. The Hall–Kier alpha value is -1.92. The van der Waals surface area contributed by atoms with Crippen molar-refractivity contribution in [2.45, 2.75) is 57.0 Å². The minimum atomic E-state index is -0.912. The van der Waals surface area contributed by atoms with E-state index in [1.807, 2.05) is 30.3 Å². The van der Waals surface area contributed by atoms with E-state index in [1.165, 1.54) is 14.0 Å². The summed E-state index contributed by atoms with van der Waals surface area (Å²) >= 11 is 0. The van der Waals surface area contributed by atoms with Crippen LogP contribution in [0.4, 0.5) is 0 Å². The third-order valence-corrected chi connectivity index (χ3v) is 5.35. The first-order valence-electron chi connectivity index (χ1n) is 8.77. The van der Waals surface area contributed by atoms with E-state index < -0.39 is 18.2 Å². The molecule has 2 heterocycles. The number of methoxy groups -OCH3 is 1. The molecular weight excluding hydrogens is 322 g/mol. The fourth-order valence-electron chi connectivity index (χ4n) is 4.07. The zero-order valence-electron chi connectivity index (χ0n) is 14.6. The van der Waals surface area contributed by atoms with Crippen molar-refractivity contribution in [3.63, 3.8) is 0 Å². The van der Waals surface area contributed by atoms with Gasteiger partial charge in [-0.05, 0) is 31.7 Å². The maximum absolute atomic E-state index is 12.6. The van der Waals surface area contributed by atoms with Crippen LogP contribution < -0.4 is 0 Å². The minimum absolute atomic E-state index is 0.0333. The first kappa shape index (κ1) is 17.9. The van der Waals surface area contributed by atoms with Gasteiger partial charge >= 0.3 is 11.9 Å². The molecule has 0 unspecified atom stereocenters. The van der Waals surface area contributed by atoms with E-state index in [1.54, 1.807) is 0 Å². The minimum Gasteiger partial charge on any atom is -0.466 e. The Morgan fingerprint density at radius 1 is 1.24 bits per heavy atom. The first-order valence-corrected chi connectivity index (χ1v) is 8.77. The summed E-state index contributed by atoms with van der Waals surface area (Å²) in [5.74, 6) is -1.26. The monoisotopic (exact) mass is 347 g/mol. The Bertz CT molecular complexity index is 620. The van der Waals surface area contributed by atoms with Crippen molar-refractivity contribution >= 4 is 11.9 Å². The van der Waals surface area contributed by atoms with E-state index in [4.69, 9.17) is 4.74 Å². The number of aliphatic hydroxyl groups excluding tert-OH is 1. The third-order valence-electron chi connectivity index (χ3n) is 5.35. The molecule has 6 nitrogen and oxygen atoms in total. The molecule has 1 N–H and O–H groups in total. The van der Waals surface area contributed by atoms with E-state index in [0.29, 0.717) is 19.4 Å². The predicted octanol–water partition coefficient (Wildman–Crippen LogP) is 1.51. The van der Waals surface area contributed by atoms with Crippen LogP contribution in [0.5, 0.6) is 0 Å². The average Bonchev–Trinajstić information content (AvgIpc) is 2.88. The summed E-state index contributed by atoms with van der Waals surface area (Å²) in [5.41, 5.74) is 1.16. The van der Waals surface area contributed by atoms with Crippen molar-refractivity contribution < 1.29 is 24.2 Å². The Morgan fingerprint density at radius 3 is 2.64 bits per heavy atom. The van der Waals surface area contributed by atoms with Crippen molar-refractivity contribution in [1.29, 1.82) is 0 Å². The predicted molar refractivity (Wildman–Crippen MR) is 90.5 cm³/mol. The number of piperidine rings is 1. The second-order valence-corrected chi connectivity index (χ2v) is 6.88. The number of fused-ring (bicyclic) bond motifs is 2. The molecule has 0 radical (unpaired) electrons. The summed E-state index contributed by atoms with van der Waals surface area (Å²) in [6.07, 6.45) is 0.653. The van der Waals surface area contributed by atoms with Gasteiger partial charge in [0.2, 0.25) is 0 Å². The summed E-state index contributed by atoms with van der Waals surface area (Å²) in [6, 6.07) is 10.0. The Kier molecular flexibility index (Phi) is 5.39. The van der Waals surface area contributed by atoms with Gasteiger partial charge in [-0.25, -0.2) is 4.79 Å². The van der Waals surface area contributed by atoms with E-state index in [2.05, 4.69) is 9.64 Å². The van der Waals surface area contributed by atoms with Crippen LogP contribution in [0, 0.1) is 5.92 Å². The molecule has 0 saturated carbocycles. The quantitative estimate of drug-likeness (QED) is 0.814. The normalized spacial score (nSPS) is 29.9. The molecule has 3 rings (SSSR count). The number of carbonyl (C=O) groups excluding carboxylic acids is 2. The molecule has 136 valence electrons. The summed E-state index contributed by atoms with van der Waals surface area (Å²) in [7, 11) is 1.27. The summed E-state index contributed by atoms with van der Waals surface area (Å²) in [6.45, 7) is 2.21. The summed E-state index contributed by atoms with van der Waals surface area (Å²) < 4.78 is 9.92. The zero-order chi connectivity index (χ0) is 18.0. The van der Waals surface area contributed by atoms with Gasteiger partial charge in [0, 0.05) is 18.6 Å². The SMILES string of the molecule is COC(=O)[C@H](C)OC(=O)[C@H]1C[C@@H]2[C@@H](O)CC[C@H]1N2Cc1ccccc1. The molecule has 5 atom stereocenters. The molecule has 0 amide bonds. The van der Waals surface area contributed by atoms with Crippen LogP contribution in [0.2, 0.25) is 0 Å². The number of nitrogens with zero attached hydrogens (tertiary/aromatic N) is 1. The molecule has 2 aliphatic heterocycles. The van der Waals surface area contributed by atoms with Gasteiger partial charge in [0.25, 0.3) is 0 Å². The number of hydrogen-bond donors (Lipinski definition) is 1. The molecule has 0 aliphatic carbocycles. The molecule has 0 aromatic heterocycles. The van der Waals surface area contributed by atoms with Gasteiger partial charge in [0.1, 0.15) is 0 Å². The highest BCUT2D eigenvalue weighted by Crippen LogP contribution is 2.41. The smallest absolute Gasteiger partial charge is 0.346 e. The topological polar surface area (TPSA) is 76.1 Å². The Balaban J connectivity index is 1.72. The van der Waals surface area contributed by atoms with Crippen LogP contribution in [-0.2, 0) is 25.6 Å². The molecule has 1 aromatic carbocycles. The van der Waals surface area contributed by atoms with E-state index in [-0.39, 0.29) is 24.0 Å². The van der Waals surface area contributed by atoms with Crippen LogP contribution >= 0.6 is 0 Å². The number of rotatable bonds is 5. The van der Waals surface area contributed by atoms with Gasteiger partial charge in [-0.15, -0.1) is 0 Å². The van der Waals surface area contributed by atoms with Crippen molar-refractivity contribution in [1.82, 2.24) is 4.90 Å². The first-order chi connectivity index (χ1) is 12.0. The van der Waals surface area contributed by atoms with Crippen molar-refractivity contribution in [3.05, 3.63) is 35.9 Å². The van der Waals surface area contributed by atoms with Gasteiger partial charge < -0.3 is 14.6 Å². The standard InChI is InChI=1S/C19H25NO5/c1-12(18(22)24-2)25-19(23)14-10-16-17(21)9-8-15(14)20(16)11-13-6-4-3-5-7-13/h3-7,12,14-17,21H,8-11H2,1-2H3/t12-,14-,15+,16+,17-/m0/s1. The maximum Gasteiger partial charge on any atom is 0.346 e. The average molecular weight is 347 g/mol. The van der Waals surface area contributed by atoms with Crippen LogP contribution in [-0.4, -0.2) is 53.3 Å². The fraction of sp³-hybridized carbons (Fsp3) is 0.579. The number of hydrogen-bond acceptors (Lipinski definition) is 6. The molecule has 2 bridgehead atoms. The van der Waals surface area contributed by atoms with E-state index in [9.17, 15) is 14.7 Å². The van der Waals surface area contributed by atoms with E-state index in [0.717, 1.165) is 12.0 Å². The zero-order valence-corrected chi connectivity index (χ0v) is 14.6. The fourth-order valence-corrected chi connectivity index (χ4v) is 4.07. The van der Waals surface area contributed by atoms with Gasteiger partial charge in [-0.2, -0.15) is 0 Å². The largest absolute Gasteiger partial charge is 0.466 e. The number of ether oxygens (including phenoxy) is 2. The van der Waals surface area contributed by atoms with Crippen molar-refractivity contribution in [2.24, 2.45) is 5.92 Å². The van der Waals surface area contributed by atoms with Crippen LogP contribution in [0.25, 0.3) is 0 Å². The molecule has 0 spiro atoms. The highest BCUT2D eigenvalue weighted by Gasteiger charge is 2.50. The molecule has 2 saturated heterocycles. The lowest BCUT2D eigenvalue weighted by Gasteiger charge is -2.38. The summed E-state index contributed by atoms with van der Waals surface area (Å²) in [5, 5.41) is 10.4. The van der Waals surface area contributed by atoms with Crippen molar-refractivity contribution in [3.8, 4) is 0 Å². The van der Waals surface area contributed by atoms with Crippen LogP contribution in [0.3, 0.4) is 0 Å². The lowest BCUT2D eigenvalue weighted by molar-refractivity contribution is -0.168. The number of esters is 2. The van der Waals surface area contributed by atoms with Crippen molar-refractivity contribution in [2.75, 3.05) is 7.11 Å². The molecule has 2 aliphatic rings. The van der Waals surface area contributed by atoms with Gasteiger partial charge in [-0.1, -0.05) is 30.3 Å². The van der Waals surface area contributed by atoms with E-state index >= 15 is 0 Å². The second kappa shape index (κ2) is 7.54. The van der Waals surface area contributed by atoms with Gasteiger partial charge in [0.15, 0.2) is 6.10 Å². The molecular formula is C19H25NO5. The van der Waals surface area contributed by atoms with Crippen LogP contribution in [0.1, 0.15) is 31.7 Å². The van der Waals surface area contributed by atoms with Gasteiger partial charge in [0.05, 0.1) is 19.1 Å². The highest BCUT2D eigenvalue weighted by molar-refractivity contribution is 5.80. The Labute approximate surface area is 147 Å². The lowest BCUT2D eigenvalue weighted by Crippen LogP contribution is -2.48. The molecule has 6 heteroatoms. The molecule has 25 heavy (non-hydrogen) atoms. The maximum atomic E-state index is 12.6. The highest BCUT2D eigenvalue weighted by atomic mass is 16.6. The van der Waals surface area contributed by atoms with Gasteiger partial charge in [-0.3, -0.25) is 9.69 Å². The van der Waals surface area contributed by atoms with Crippen LogP contribution in [0.15, 0.2) is 30.3 Å². The number of benzene rings is 1. The third kappa shape index (κ3) is 3.70. The molecule has 2 fully saturated rings. The Morgan fingerprint density at radius 2 is 1.96 bits per heavy atom.